The summed E-state index contributed by atoms with van der Waals surface area (Å²) in [6.07, 6.45) is 0.714. The lowest BCUT2D eigenvalue weighted by Gasteiger charge is -2.14. The molecule has 3 rings (SSSR count). The second-order valence-electron chi connectivity index (χ2n) is 6.20. The van der Waals surface area contributed by atoms with Gasteiger partial charge in [-0.2, -0.15) is 0 Å². The van der Waals surface area contributed by atoms with Crippen LogP contribution in [0.25, 0.3) is 0 Å². The summed E-state index contributed by atoms with van der Waals surface area (Å²) < 4.78 is 0. The zero-order chi connectivity index (χ0) is 18.0. The maximum atomic E-state index is 12.3. The topological polar surface area (TPSA) is 66.4 Å². The Hall–Kier alpha value is -2.04. The zero-order valence-corrected chi connectivity index (χ0v) is 14.8. The molecule has 0 spiro atoms. The number of carbonyl (C=O) groups is 2. The molecule has 0 saturated heterocycles. The van der Waals surface area contributed by atoms with Crippen LogP contribution in [0.4, 0.5) is 0 Å². The number of hydrogen-bond acceptors (Lipinski definition) is 2. The molecular weight excluding hydrogens is 361 g/mol. The van der Waals surface area contributed by atoms with Gasteiger partial charge in [0.15, 0.2) is 0 Å². The van der Waals surface area contributed by atoms with Gasteiger partial charge in [-0.1, -0.05) is 53.5 Å². The molecule has 0 aliphatic heterocycles. The molecule has 0 radical (unpaired) electrons. The van der Waals surface area contributed by atoms with Crippen molar-refractivity contribution in [3.8, 4) is 0 Å². The minimum Gasteiger partial charge on any atom is -0.481 e. The number of rotatable bonds is 6. The molecule has 1 fully saturated rings. The Morgan fingerprint density at radius 3 is 2.36 bits per heavy atom. The summed E-state index contributed by atoms with van der Waals surface area (Å²) in [6, 6.07) is 14.2. The lowest BCUT2D eigenvalue weighted by molar-refractivity contribution is -0.138. The highest BCUT2D eigenvalue weighted by Crippen LogP contribution is 2.48. The first kappa shape index (κ1) is 17.8. The van der Waals surface area contributed by atoms with Gasteiger partial charge in [0.05, 0.1) is 5.92 Å². The molecular formula is C19H17Cl2NO3. The molecule has 6 heteroatoms. The molecule has 4 nitrogen and oxygen atoms in total. The molecule has 25 heavy (non-hydrogen) atoms. The predicted octanol–water partition coefficient (Wildman–Crippen LogP) is 4.08. The molecule has 0 heterocycles. The fourth-order valence-corrected chi connectivity index (χ4v) is 3.55. The second-order valence-corrected chi connectivity index (χ2v) is 7.07. The van der Waals surface area contributed by atoms with Gasteiger partial charge in [0, 0.05) is 22.5 Å². The lowest BCUT2D eigenvalue weighted by Crippen LogP contribution is -2.32. The van der Waals surface area contributed by atoms with E-state index in [1.54, 1.807) is 30.3 Å². The smallest absolute Gasteiger partial charge is 0.312 e. The van der Waals surface area contributed by atoms with Crippen LogP contribution in [0.3, 0.4) is 0 Å². The average Bonchev–Trinajstić information content (AvgIpc) is 3.35. The summed E-state index contributed by atoms with van der Waals surface area (Å²) in [7, 11) is 0. The van der Waals surface area contributed by atoms with Crippen LogP contribution in [-0.2, 0) is 9.59 Å². The normalized spacial score (nSPS) is 19.9. The molecule has 1 aliphatic carbocycles. The maximum Gasteiger partial charge on any atom is 0.312 e. The number of carboxylic acid groups (broad SMARTS) is 1. The van der Waals surface area contributed by atoms with Gasteiger partial charge in [-0.15, -0.1) is 0 Å². The fraction of sp³-hybridized carbons (Fsp3) is 0.263. The quantitative estimate of drug-likeness (QED) is 0.796. The van der Waals surface area contributed by atoms with Crippen LogP contribution in [0.5, 0.6) is 0 Å². The average molecular weight is 378 g/mol. The van der Waals surface area contributed by atoms with E-state index in [9.17, 15) is 14.7 Å². The largest absolute Gasteiger partial charge is 0.481 e. The lowest BCUT2D eigenvalue weighted by atomic mass is 9.99. The van der Waals surface area contributed by atoms with Crippen LogP contribution in [0, 0.1) is 5.92 Å². The molecule has 0 aromatic heterocycles. The molecule has 3 unspecified atom stereocenters. The molecule has 0 bridgehead atoms. The number of carboxylic acids is 1. The van der Waals surface area contributed by atoms with E-state index in [0.717, 1.165) is 5.56 Å². The highest BCUT2D eigenvalue weighted by molar-refractivity contribution is 6.34. The summed E-state index contributed by atoms with van der Waals surface area (Å²) in [5.41, 5.74) is 1.61. The van der Waals surface area contributed by atoms with Gasteiger partial charge in [0.1, 0.15) is 0 Å². The van der Waals surface area contributed by atoms with Gasteiger partial charge in [-0.25, -0.2) is 0 Å². The summed E-state index contributed by atoms with van der Waals surface area (Å²) in [6.45, 7) is 0.0672. The van der Waals surface area contributed by atoms with Crippen molar-refractivity contribution in [3.63, 3.8) is 0 Å². The van der Waals surface area contributed by atoms with Crippen LogP contribution in [0.15, 0.2) is 48.5 Å². The summed E-state index contributed by atoms with van der Waals surface area (Å²) in [4.78, 5) is 23.8. The van der Waals surface area contributed by atoms with Gasteiger partial charge in [0.2, 0.25) is 5.91 Å². The fourth-order valence-electron chi connectivity index (χ4n) is 3.01. The highest BCUT2D eigenvalue weighted by Gasteiger charge is 2.44. The van der Waals surface area contributed by atoms with Gasteiger partial charge < -0.3 is 10.4 Å². The van der Waals surface area contributed by atoms with Crippen molar-refractivity contribution in [2.24, 2.45) is 5.92 Å². The Labute approximate surface area is 155 Å². The number of carbonyl (C=O) groups excluding carboxylic acids is 1. The van der Waals surface area contributed by atoms with Gasteiger partial charge in [-0.05, 0) is 41.7 Å². The summed E-state index contributed by atoms with van der Waals surface area (Å²) in [5, 5.41) is 13.3. The Kier molecular flexibility index (Phi) is 5.30. The van der Waals surface area contributed by atoms with Crippen molar-refractivity contribution in [2.45, 2.75) is 18.3 Å². The van der Waals surface area contributed by atoms with Crippen molar-refractivity contribution in [1.82, 2.24) is 5.32 Å². The number of halogens is 2. The highest BCUT2D eigenvalue weighted by atomic mass is 35.5. The Morgan fingerprint density at radius 1 is 1.12 bits per heavy atom. The van der Waals surface area contributed by atoms with Crippen LogP contribution < -0.4 is 5.32 Å². The monoisotopic (exact) mass is 377 g/mol. The van der Waals surface area contributed by atoms with Crippen molar-refractivity contribution in [2.75, 3.05) is 6.54 Å². The Morgan fingerprint density at radius 2 is 1.76 bits per heavy atom. The minimum absolute atomic E-state index is 0.0672. The standard InChI is InChI=1S/C19H17Cl2NO3/c20-13-6-12(7-14(21)8-13)15-9-16(15)18(23)22-10-17(19(24)25)11-4-2-1-3-5-11/h1-8,15-17H,9-10H2,(H,22,23)(H,24,25). The first-order chi connectivity index (χ1) is 12.0. The van der Waals surface area contributed by atoms with E-state index in [4.69, 9.17) is 23.2 Å². The minimum atomic E-state index is -0.958. The number of aliphatic carboxylic acids is 1. The van der Waals surface area contributed by atoms with Crippen molar-refractivity contribution in [1.29, 1.82) is 0 Å². The SMILES string of the molecule is O=C(O)C(CNC(=O)C1CC1c1cc(Cl)cc(Cl)c1)c1ccccc1. The summed E-state index contributed by atoms with van der Waals surface area (Å²) in [5.74, 6) is -1.94. The first-order valence-electron chi connectivity index (χ1n) is 7.97. The molecule has 2 N–H and O–H groups in total. The molecule has 1 amide bonds. The number of nitrogens with one attached hydrogen (secondary N) is 1. The molecule has 1 saturated carbocycles. The molecule has 1 aliphatic rings. The van der Waals surface area contributed by atoms with Crippen LogP contribution in [-0.4, -0.2) is 23.5 Å². The van der Waals surface area contributed by atoms with E-state index in [2.05, 4.69) is 5.32 Å². The maximum absolute atomic E-state index is 12.3. The number of benzene rings is 2. The molecule has 130 valence electrons. The van der Waals surface area contributed by atoms with E-state index in [1.165, 1.54) is 0 Å². The van der Waals surface area contributed by atoms with Crippen molar-refractivity contribution in [3.05, 3.63) is 69.7 Å². The van der Waals surface area contributed by atoms with E-state index in [-0.39, 0.29) is 24.3 Å². The summed E-state index contributed by atoms with van der Waals surface area (Å²) >= 11 is 12.0. The zero-order valence-electron chi connectivity index (χ0n) is 13.3. The van der Waals surface area contributed by atoms with E-state index < -0.39 is 11.9 Å². The van der Waals surface area contributed by atoms with E-state index in [0.29, 0.717) is 22.0 Å². The number of amides is 1. The van der Waals surface area contributed by atoms with Crippen molar-refractivity contribution < 1.29 is 14.7 Å². The van der Waals surface area contributed by atoms with Crippen LogP contribution >= 0.6 is 23.2 Å². The molecule has 2 aromatic rings. The van der Waals surface area contributed by atoms with E-state index >= 15 is 0 Å². The van der Waals surface area contributed by atoms with Crippen LogP contribution in [0.2, 0.25) is 10.0 Å². The predicted molar refractivity (Wildman–Crippen MR) is 97.1 cm³/mol. The van der Waals surface area contributed by atoms with E-state index in [1.807, 2.05) is 18.2 Å². The molecule has 2 aromatic carbocycles. The number of hydrogen-bond donors (Lipinski definition) is 2. The third-order valence-electron chi connectivity index (χ3n) is 4.42. The second kappa shape index (κ2) is 7.46. The third-order valence-corrected chi connectivity index (χ3v) is 4.86. The van der Waals surface area contributed by atoms with Crippen LogP contribution in [0.1, 0.15) is 29.4 Å². The first-order valence-corrected chi connectivity index (χ1v) is 8.72. The Bertz CT molecular complexity index is 774. The third kappa shape index (κ3) is 4.33. The van der Waals surface area contributed by atoms with Gasteiger partial charge >= 0.3 is 5.97 Å². The van der Waals surface area contributed by atoms with Gasteiger partial charge in [0.25, 0.3) is 0 Å². The van der Waals surface area contributed by atoms with Crippen molar-refractivity contribution >= 4 is 35.1 Å². The molecule has 3 atom stereocenters. The Balaban J connectivity index is 1.60. The van der Waals surface area contributed by atoms with Gasteiger partial charge in [-0.3, -0.25) is 9.59 Å².